The summed E-state index contributed by atoms with van der Waals surface area (Å²) in [5, 5.41) is 0. The molecule has 5 nitrogen and oxygen atoms in total. The van der Waals surface area contributed by atoms with Crippen LogP contribution in [0.4, 0.5) is 0 Å². The average molecular weight is 452 g/mol. The largest absolute Gasteiger partial charge is 0.295 e. The molecular formula is C30H21N5. The Morgan fingerprint density at radius 1 is 0.771 bits per heavy atom. The van der Waals surface area contributed by atoms with Gasteiger partial charge in [0.25, 0.3) is 0 Å². The van der Waals surface area contributed by atoms with Crippen LogP contribution in [0.2, 0.25) is 0 Å². The van der Waals surface area contributed by atoms with E-state index in [1.54, 1.807) is 0 Å². The molecule has 0 saturated carbocycles. The van der Waals surface area contributed by atoms with E-state index in [1.165, 1.54) is 11.3 Å². The van der Waals surface area contributed by atoms with Crippen LogP contribution in [0.3, 0.4) is 0 Å². The van der Waals surface area contributed by atoms with E-state index in [2.05, 4.69) is 74.1 Å². The van der Waals surface area contributed by atoms with Gasteiger partial charge in [-0.15, -0.1) is 0 Å². The molecule has 0 fully saturated rings. The van der Waals surface area contributed by atoms with Gasteiger partial charge in [0.1, 0.15) is 5.82 Å². The van der Waals surface area contributed by atoms with Crippen molar-refractivity contribution >= 4 is 11.8 Å². The SMILES string of the molecule is C1=NC=C2c3cnccc3-c3nc(-c4ccccc4)n(-c4ccc(-c5ccccn5)cc4)c3C2C1. The van der Waals surface area contributed by atoms with Crippen LogP contribution in [0.1, 0.15) is 23.6 Å². The number of rotatable bonds is 3. The zero-order chi connectivity index (χ0) is 23.2. The van der Waals surface area contributed by atoms with E-state index in [9.17, 15) is 0 Å². The summed E-state index contributed by atoms with van der Waals surface area (Å²) in [5.41, 5.74) is 9.87. The zero-order valence-electron chi connectivity index (χ0n) is 18.9. The van der Waals surface area contributed by atoms with Crippen molar-refractivity contribution in [2.75, 3.05) is 0 Å². The van der Waals surface area contributed by atoms with Gasteiger partial charge >= 0.3 is 0 Å². The minimum Gasteiger partial charge on any atom is -0.295 e. The predicted molar refractivity (Wildman–Crippen MR) is 139 cm³/mol. The van der Waals surface area contributed by atoms with Gasteiger partial charge in [-0.1, -0.05) is 48.5 Å². The van der Waals surface area contributed by atoms with E-state index < -0.39 is 0 Å². The molecule has 0 N–H and O–H groups in total. The number of hydrogen-bond acceptors (Lipinski definition) is 4. The first-order chi connectivity index (χ1) is 17.4. The van der Waals surface area contributed by atoms with Gasteiger partial charge < -0.3 is 0 Å². The summed E-state index contributed by atoms with van der Waals surface area (Å²) in [5.74, 6) is 1.10. The third-order valence-electron chi connectivity index (χ3n) is 6.78. The highest BCUT2D eigenvalue weighted by Gasteiger charge is 2.36. The van der Waals surface area contributed by atoms with Gasteiger partial charge in [0.15, 0.2) is 0 Å². The normalized spacial score (nSPS) is 15.7. The van der Waals surface area contributed by atoms with Gasteiger partial charge in [0.2, 0.25) is 0 Å². The predicted octanol–water partition coefficient (Wildman–Crippen LogP) is 6.58. The number of allylic oxidation sites excluding steroid dienone is 1. The van der Waals surface area contributed by atoms with Gasteiger partial charge in [0, 0.05) is 64.9 Å². The quantitative estimate of drug-likeness (QED) is 0.311. The third kappa shape index (κ3) is 3.16. The Morgan fingerprint density at radius 2 is 1.63 bits per heavy atom. The topological polar surface area (TPSA) is 56.0 Å². The first-order valence-corrected chi connectivity index (χ1v) is 11.7. The van der Waals surface area contributed by atoms with Crippen LogP contribution in [-0.4, -0.2) is 25.7 Å². The molecule has 5 heteroatoms. The maximum atomic E-state index is 5.26. The van der Waals surface area contributed by atoms with Gasteiger partial charge in [-0.05, 0) is 42.3 Å². The summed E-state index contributed by atoms with van der Waals surface area (Å²) in [4.78, 5) is 18.7. The first-order valence-electron chi connectivity index (χ1n) is 11.7. The van der Waals surface area contributed by atoms with Crippen LogP contribution in [0.15, 0.2) is 109 Å². The Balaban J connectivity index is 1.49. The number of pyridine rings is 2. The molecule has 1 aliphatic carbocycles. The molecule has 1 unspecified atom stereocenters. The molecule has 0 bridgehead atoms. The Bertz CT molecular complexity index is 1600. The van der Waals surface area contributed by atoms with Crippen LogP contribution >= 0.6 is 0 Å². The smallest absolute Gasteiger partial charge is 0.145 e. The molecule has 7 rings (SSSR count). The lowest BCUT2D eigenvalue weighted by Crippen LogP contribution is -2.17. The fraction of sp³-hybridized carbons (Fsp3) is 0.0667. The Kier molecular flexibility index (Phi) is 4.52. The summed E-state index contributed by atoms with van der Waals surface area (Å²) in [6.07, 6.45) is 10.4. The minimum absolute atomic E-state index is 0.166. The molecule has 166 valence electrons. The lowest BCUT2D eigenvalue weighted by Gasteiger charge is -2.29. The van der Waals surface area contributed by atoms with Crippen LogP contribution in [0, 0.1) is 0 Å². The van der Waals surface area contributed by atoms with Crippen LogP contribution < -0.4 is 0 Å². The van der Waals surface area contributed by atoms with Crippen molar-refractivity contribution in [3.05, 3.63) is 115 Å². The molecular weight excluding hydrogens is 430 g/mol. The highest BCUT2D eigenvalue weighted by molar-refractivity contribution is 5.92. The van der Waals surface area contributed by atoms with E-state index in [4.69, 9.17) is 4.98 Å². The molecule has 3 aromatic heterocycles. The molecule has 1 atom stereocenters. The first kappa shape index (κ1) is 19.8. The van der Waals surface area contributed by atoms with Gasteiger partial charge in [-0.2, -0.15) is 0 Å². The zero-order valence-corrected chi connectivity index (χ0v) is 18.9. The second-order valence-electron chi connectivity index (χ2n) is 8.76. The lowest BCUT2D eigenvalue weighted by molar-refractivity contribution is 0.820. The fourth-order valence-electron chi connectivity index (χ4n) is 5.17. The van der Waals surface area contributed by atoms with Gasteiger partial charge in [-0.25, -0.2) is 4.98 Å². The number of nitrogens with zero attached hydrogens (tertiary/aromatic N) is 5. The molecule has 0 saturated heterocycles. The second kappa shape index (κ2) is 7.99. The van der Waals surface area contributed by atoms with Crippen LogP contribution in [-0.2, 0) is 0 Å². The molecule has 0 radical (unpaired) electrons. The average Bonchev–Trinajstić information content (AvgIpc) is 3.35. The highest BCUT2D eigenvalue weighted by atomic mass is 15.1. The van der Waals surface area contributed by atoms with Crippen molar-refractivity contribution in [3.8, 4) is 39.6 Å². The van der Waals surface area contributed by atoms with Crippen molar-refractivity contribution in [2.45, 2.75) is 12.3 Å². The highest BCUT2D eigenvalue weighted by Crippen LogP contribution is 2.50. The van der Waals surface area contributed by atoms with Crippen LogP contribution in [0.5, 0.6) is 0 Å². The fourth-order valence-corrected chi connectivity index (χ4v) is 5.17. The van der Waals surface area contributed by atoms with E-state index in [0.717, 1.165) is 51.6 Å². The molecule has 35 heavy (non-hydrogen) atoms. The van der Waals surface area contributed by atoms with Crippen LogP contribution in [0.25, 0.3) is 45.2 Å². The maximum absolute atomic E-state index is 5.26. The molecule has 2 aromatic carbocycles. The minimum atomic E-state index is 0.166. The molecule has 2 aliphatic rings. The Hall–Kier alpha value is -4.64. The number of benzene rings is 2. The summed E-state index contributed by atoms with van der Waals surface area (Å²) in [7, 11) is 0. The van der Waals surface area contributed by atoms with Crippen molar-refractivity contribution in [1.82, 2.24) is 19.5 Å². The van der Waals surface area contributed by atoms with Crippen molar-refractivity contribution in [1.29, 1.82) is 0 Å². The summed E-state index contributed by atoms with van der Waals surface area (Å²) in [6, 6.07) is 27.1. The molecule has 1 aliphatic heterocycles. The van der Waals surface area contributed by atoms with E-state index in [-0.39, 0.29) is 5.92 Å². The monoisotopic (exact) mass is 451 g/mol. The number of hydrogen-bond donors (Lipinski definition) is 0. The summed E-state index contributed by atoms with van der Waals surface area (Å²) < 4.78 is 2.33. The summed E-state index contributed by atoms with van der Waals surface area (Å²) in [6.45, 7) is 0. The van der Waals surface area contributed by atoms with Crippen molar-refractivity contribution < 1.29 is 0 Å². The maximum Gasteiger partial charge on any atom is 0.145 e. The molecule has 0 spiro atoms. The molecule has 0 amide bonds. The van der Waals surface area contributed by atoms with Gasteiger partial charge in [-0.3, -0.25) is 19.5 Å². The lowest BCUT2D eigenvalue weighted by atomic mass is 9.79. The van der Waals surface area contributed by atoms with Crippen molar-refractivity contribution in [2.24, 2.45) is 4.99 Å². The van der Waals surface area contributed by atoms with E-state index in [0.29, 0.717) is 0 Å². The standard InChI is InChI=1S/C30H21N5/c1-2-6-21(7-3-1)30-34-28-23-13-16-31-18-25(23)26-19-32-17-14-24(26)29(28)35(30)22-11-9-20(10-12-22)27-8-4-5-15-33-27/h1-13,15-19,24H,14H2. The van der Waals surface area contributed by atoms with E-state index in [1.807, 2.05) is 55.3 Å². The summed E-state index contributed by atoms with van der Waals surface area (Å²) >= 11 is 0. The van der Waals surface area contributed by atoms with Crippen molar-refractivity contribution in [3.63, 3.8) is 0 Å². The number of aliphatic imine (C=N–C) groups is 1. The van der Waals surface area contributed by atoms with Gasteiger partial charge in [0.05, 0.1) is 17.1 Å². The molecule has 4 heterocycles. The molecule has 5 aromatic rings. The third-order valence-corrected chi connectivity index (χ3v) is 6.78. The number of aromatic nitrogens is 4. The Morgan fingerprint density at radius 3 is 2.46 bits per heavy atom. The second-order valence-corrected chi connectivity index (χ2v) is 8.76. The Labute approximate surface area is 203 Å². The van der Waals surface area contributed by atoms with E-state index >= 15 is 0 Å². The number of fused-ring (bicyclic) bond motifs is 6. The number of imidazole rings is 1.